The van der Waals surface area contributed by atoms with Crippen molar-refractivity contribution in [1.82, 2.24) is 31.5 Å². The lowest BCUT2D eigenvalue weighted by Gasteiger charge is -2.28. The van der Waals surface area contributed by atoms with Crippen molar-refractivity contribution >= 4 is 70.3 Å². The molecule has 0 fully saturated rings. The third-order valence-corrected chi connectivity index (χ3v) is 7.78. The van der Waals surface area contributed by atoms with Crippen molar-refractivity contribution in [3.63, 3.8) is 0 Å². The van der Waals surface area contributed by atoms with Gasteiger partial charge in [-0.25, -0.2) is 14.5 Å². The zero-order valence-corrected chi connectivity index (χ0v) is 36.7. The van der Waals surface area contributed by atoms with Crippen molar-refractivity contribution in [3.8, 4) is 0 Å². The van der Waals surface area contributed by atoms with Crippen LogP contribution in [0.4, 0.5) is 9.59 Å². The van der Waals surface area contributed by atoms with E-state index in [9.17, 15) is 33.6 Å². The summed E-state index contributed by atoms with van der Waals surface area (Å²) in [6.45, 7) is 14.4. The van der Waals surface area contributed by atoms with E-state index in [0.717, 1.165) is 14.0 Å². The Morgan fingerprint density at radius 3 is 1.96 bits per heavy atom. The van der Waals surface area contributed by atoms with Crippen LogP contribution in [0.15, 0.2) is 24.3 Å². The van der Waals surface area contributed by atoms with Crippen molar-refractivity contribution in [1.29, 1.82) is 5.41 Å². The van der Waals surface area contributed by atoms with E-state index >= 15 is 0 Å². The van der Waals surface area contributed by atoms with E-state index in [-0.39, 0.29) is 32.4 Å². The first-order valence-corrected chi connectivity index (χ1v) is 19.8. The van der Waals surface area contributed by atoms with Crippen LogP contribution in [0.5, 0.6) is 0 Å². The zero-order chi connectivity index (χ0) is 43.6. The summed E-state index contributed by atoms with van der Waals surface area (Å²) in [7, 11) is 0. The number of amides is 6. The highest BCUT2D eigenvalue weighted by Gasteiger charge is 2.30. The van der Waals surface area contributed by atoms with Crippen molar-refractivity contribution in [3.05, 3.63) is 33.4 Å². The van der Waals surface area contributed by atoms with Gasteiger partial charge in [0.05, 0.1) is 13.0 Å². The van der Waals surface area contributed by atoms with Crippen LogP contribution in [0.2, 0.25) is 0 Å². The number of carbonyl (C=O) groups is 7. The van der Waals surface area contributed by atoms with Gasteiger partial charge in [0.2, 0.25) is 29.6 Å². The first kappa shape index (κ1) is 50.5. The van der Waals surface area contributed by atoms with Gasteiger partial charge in [-0.3, -0.25) is 34.7 Å². The maximum absolute atomic E-state index is 13.5. The molecule has 19 heteroatoms. The quantitative estimate of drug-likeness (QED) is 0.0281. The van der Waals surface area contributed by atoms with E-state index in [2.05, 4.69) is 49.2 Å². The minimum atomic E-state index is -1.34. The van der Waals surface area contributed by atoms with Crippen LogP contribution in [0.3, 0.4) is 0 Å². The zero-order valence-electron chi connectivity index (χ0n) is 34.5. The highest BCUT2D eigenvalue weighted by atomic mass is 127. The summed E-state index contributed by atoms with van der Waals surface area (Å²) in [5.74, 6) is -4.03. The molecule has 0 heterocycles. The predicted octanol–water partition coefficient (Wildman–Crippen LogP) is 3.33. The van der Waals surface area contributed by atoms with Crippen molar-refractivity contribution < 1.29 is 47.8 Å². The Morgan fingerprint density at radius 2 is 1.39 bits per heavy atom. The minimum absolute atomic E-state index is 0.0174. The van der Waals surface area contributed by atoms with E-state index < -0.39 is 89.6 Å². The molecular weight excluding hydrogens is 855 g/mol. The van der Waals surface area contributed by atoms with E-state index in [1.165, 1.54) is 0 Å². The van der Waals surface area contributed by atoms with Gasteiger partial charge in [0.1, 0.15) is 28.9 Å². The molecule has 0 radical (unpaired) electrons. The standard InChI is InChI=1S/C38H61IN8O10/c1-36(2,3)55-30(50)21-27(32(52)42-22-24-14-12-15-25(39)20-24)45-29(49)23-43-31(51)26(44-28(48)17-10-11-18-40)16-13-19-47(35(54)57-38(7,8)9)33(41)46-34(53)56-37(4,5)6/h12,14-15,20,26-27H,10-11,13,16-19,21-23,40H2,1-9H3,(H,42,52)(H,43,51)(H,44,48)(H,45,49)(H2,41,46,53)/t26-,27-/m0/s1. The molecule has 57 heavy (non-hydrogen) atoms. The highest BCUT2D eigenvalue weighted by molar-refractivity contribution is 14.1. The van der Waals surface area contributed by atoms with Gasteiger partial charge in [-0.05, 0) is 135 Å². The Hall–Kier alpha value is -4.53. The number of nitrogens with zero attached hydrogens (tertiary/aromatic N) is 1. The largest absolute Gasteiger partial charge is 0.460 e. The second-order valence-corrected chi connectivity index (χ2v) is 17.3. The summed E-state index contributed by atoms with van der Waals surface area (Å²) < 4.78 is 16.9. The molecule has 0 unspecified atom stereocenters. The number of halogens is 1. The van der Waals surface area contributed by atoms with Crippen LogP contribution < -0.4 is 32.3 Å². The van der Waals surface area contributed by atoms with Crippen LogP contribution in [0.25, 0.3) is 0 Å². The van der Waals surface area contributed by atoms with Gasteiger partial charge in [-0.1, -0.05) is 12.1 Å². The number of esters is 1. The summed E-state index contributed by atoms with van der Waals surface area (Å²) in [6.07, 6.45) is -1.36. The molecule has 1 rings (SSSR count). The van der Waals surface area contributed by atoms with Crippen LogP contribution in [0, 0.1) is 8.98 Å². The van der Waals surface area contributed by atoms with Crippen molar-refractivity contribution in [2.45, 2.75) is 136 Å². The molecule has 6 amide bonds. The SMILES string of the molecule is CC(C)(C)OC(=O)C[C@H](NC(=O)CNC(=O)[C@H](CCCN(C(=N)NC(=O)OC(C)(C)C)C(=O)OC(C)(C)C)NC(=O)CCCCN)C(=O)NCc1cccc(I)c1. The van der Waals surface area contributed by atoms with E-state index in [0.29, 0.717) is 19.4 Å². The summed E-state index contributed by atoms with van der Waals surface area (Å²) in [6, 6.07) is 4.85. The molecule has 320 valence electrons. The number of hydrogen-bond donors (Lipinski definition) is 7. The molecule has 0 bridgehead atoms. The molecule has 2 atom stereocenters. The van der Waals surface area contributed by atoms with E-state index in [1.807, 2.05) is 24.3 Å². The number of guanidine groups is 1. The summed E-state index contributed by atoms with van der Waals surface area (Å²) in [4.78, 5) is 91.6. The average molecular weight is 917 g/mol. The number of hydrogen-bond acceptors (Lipinski definition) is 12. The third kappa shape index (κ3) is 23.3. The minimum Gasteiger partial charge on any atom is -0.460 e. The van der Waals surface area contributed by atoms with E-state index in [1.54, 1.807) is 62.3 Å². The summed E-state index contributed by atoms with van der Waals surface area (Å²) in [5.41, 5.74) is 3.67. The Labute approximate surface area is 348 Å². The molecule has 0 saturated carbocycles. The molecule has 0 aromatic heterocycles. The van der Waals surface area contributed by atoms with Crippen molar-refractivity contribution in [2.24, 2.45) is 5.73 Å². The molecule has 1 aromatic carbocycles. The summed E-state index contributed by atoms with van der Waals surface area (Å²) in [5, 5.41) is 20.9. The second-order valence-electron chi connectivity index (χ2n) is 16.1. The molecule has 0 spiro atoms. The Balaban J connectivity index is 3.13. The highest BCUT2D eigenvalue weighted by Crippen LogP contribution is 2.14. The Bertz CT molecular complexity index is 1570. The maximum Gasteiger partial charge on any atom is 0.417 e. The lowest BCUT2D eigenvalue weighted by atomic mass is 10.1. The van der Waals surface area contributed by atoms with Crippen LogP contribution in [-0.4, -0.2) is 101 Å². The predicted molar refractivity (Wildman–Crippen MR) is 221 cm³/mol. The van der Waals surface area contributed by atoms with Gasteiger partial charge in [0.25, 0.3) is 0 Å². The van der Waals surface area contributed by atoms with E-state index in [4.69, 9.17) is 25.4 Å². The fourth-order valence-corrected chi connectivity index (χ4v) is 5.36. The van der Waals surface area contributed by atoms with Crippen LogP contribution in [-0.2, 0) is 44.7 Å². The van der Waals surface area contributed by atoms with Crippen LogP contribution in [0.1, 0.15) is 106 Å². The number of alkyl carbamates (subject to hydrolysis) is 1. The van der Waals surface area contributed by atoms with Crippen LogP contribution >= 0.6 is 22.6 Å². The average Bonchev–Trinajstić information content (AvgIpc) is 3.04. The van der Waals surface area contributed by atoms with Gasteiger partial charge in [0.15, 0.2) is 0 Å². The van der Waals surface area contributed by atoms with Gasteiger partial charge < -0.3 is 41.2 Å². The number of unbranched alkanes of at least 4 members (excludes halogenated alkanes) is 1. The molecule has 0 aliphatic heterocycles. The van der Waals surface area contributed by atoms with Gasteiger partial charge in [0, 0.05) is 23.1 Å². The lowest BCUT2D eigenvalue weighted by molar-refractivity contribution is -0.156. The third-order valence-electron chi connectivity index (χ3n) is 7.11. The lowest BCUT2D eigenvalue weighted by Crippen LogP contribution is -2.53. The molecular formula is C38H61IN8O10. The molecule has 0 aliphatic carbocycles. The fraction of sp³-hybridized carbons (Fsp3) is 0.632. The topological polar surface area (TPSA) is 260 Å². The smallest absolute Gasteiger partial charge is 0.417 e. The monoisotopic (exact) mass is 916 g/mol. The molecule has 8 N–H and O–H groups in total. The number of nitrogens with two attached hydrogens (primary N) is 1. The molecule has 0 aliphatic rings. The maximum atomic E-state index is 13.5. The second kappa shape index (κ2) is 23.6. The number of benzene rings is 1. The normalized spacial score (nSPS) is 12.5. The molecule has 1 aromatic rings. The van der Waals surface area contributed by atoms with Gasteiger partial charge >= 0.3 is 18.2 Å². The Kier molecular flexibility index (Phi) is 20.9. The first-order valence-electron chi connectivity index (χ1n) is 18.7. The summed E-state index contributed by atoms with van der Waals surface area (Å²) >= 11 is 2.14. The van der Waals surface area contributed by atoms with Gasteiger partial charge in [-0.2, -0.15) is 0 Å². The molecule has 0 saturated heterocycles. The Morgan fingerprint density at radius 1 is 0.789 bits per heavy atom. The van der Waals surface area contributed by atoms with Crippen molar-refractivity contribution in [2.75, 3.05) is 19.6 Å². The molecule has 18 nitrogen and oxygen atoms in total. The number of nitrogens with one attached hydrogen (secondary N) is 6. The number of carbonyl (C=O) groups excluding carboxylic acids is 7. The first-order chi connectivity index (χ1) is 26.3. The number of rotatable bonds is 18. The van der Waals surface area contributed by atoms with Gasteiger partial charge in [-0.15, -0.1) is 0 Å². The fourth-order valence-electron chi connectivity index (χ4n) is 4.75. The number of ether oxygens (including phenoxy) is 3.